The Morgan fingerprint density at radius 1 is 1.34 bits per heavy atom. The topological polar surface area (TPSA) is 95.1 Å². The fourth-order valence-corrected chi connectivity index (χ4v) is 4.27. The number of hydrogen-bond acceptors (Lipinski definition) is 7. The number of benzene rings is 1. The van der Waals surface area contributed by atoms with Gasteiger partial charge < -0.3 is 29.7 Å². The number of aromatic nitrogens is 2. The Bertz CT molecular complexity index is 977. The molecule has 1 amide bonds. The number of nitrogens with two attached hydrogens (primary N) is 1. The van der Waals surface area contributed by atoms with Crippen LogP contribution >= 0.6 is 0 Å². The van der Waals surface area contributed by atoms with Crippen LogP contribution in [0.3, 0.4) is 0 Å². The van der Waals surface area contributed by atoms with Crippen LogP contribution in [0.15, 0.2) is 18.2 Å². The number of anilines is 3. The van der Waals surface area contributed by atoms with Gasteiger partial charge in [0.05, 0.1) is 25.4 Å². The first-order valence-corrected chi connectivity index (χ1v) is 10.5. The quantitative estimate of drug-likeness (QED) is 0.697. The summed E-state index contributed by atoms with van der Waals surface area (Å²) < 4.78 is 42.6. The van der Waals surface area contributed by atoms with E-state index in [0.29, 0.717) is 44.2 Å². The minimum atomic E-state index is -2.98. The van der Waals surface area contributed by atoms with Crippen LogP contribution in [0.2, 0.25) is 0 Å². The lowest BCUT2D eigenvalue weighted by molar-refractivity contribution is -0.0493. The number of amides is 1. The Balaban J connectivity index is 1.73. The van der Waals surface area contributed by atoms with Crippen LogP contribution in [-0.2, 0) is 22.4 Å². The highest BCUT2D eigenvalue weighted by Crippen LogP contribution is 2.37. The van der Waals surface area contributed by atoms with Crippen molar-refractivity contribution < 1.29 is 27.8 Å². The van der Waals surface area contributed by atoms with Crippen LogP contribution in [0, 0.1) is 0 Å². The molecule has 1 saturated heterocycles. The van der Waals surface area contributed by atoms with E-state index >= 15 is 0 Å². The van der Waals surface area contributed by atoms with Gasteiger partial charge in [-0.25, -0.2) is 4.79 Å². The smallest absolute Gasteiger partial charge is 0.409 e. The number of carbonyl (C=O) groups excluding carboxylic acids is 1. The number of methoxy groups -OCH3 is 1. The molecule has 3 heterocycles. The number of rotatable bonds is 5. The normalized spacial score (nSPS) is 16.7. The van der Waals surface area contributed by atoms with Crippen molar-refractivity contribution >= 4 is 23.3 Å². The van der Waals surface area contributed by atoms with Crippen molar-refractivity contribution in [1.82, 2.24) is 14.7 Å². The Labute approximate surface area is 184 Å². The van der Waals surface area contributed by atoms with Crippen molar-refractivity contribution in [2.75, 3.05) is 44.5 Å². The van der Waals surface area contributed by atoms with Crippen LogP contribution in [0.25, 0.3) is 0 Å². The van der Waals surface area contributed by atoms with Gasteiger partial charge in [0.1, 0.15) is 0 Å². The standard InChI is InChI=1S/C21H27F2N5O4/c1-26(14-3-4-16(24)18(11-14)32-20(22)23)19-15-12-27(21(29)30-2)8-5-17(15)28(25-19)13-6-9-31-10-7-13/h3-4,11,13,20H,5-10,12,24H2,1-2H3. The summed E-state index contributed by atoms with van der Waals surface area (Å²) in [4.78, 5) is 15.6. The number of nitrogen functional groups attached to an aromatic ring is 1. The van der Waals surface area contributed by atoms with E-state index in [1.54, 1.807) is 22.9 Å². The van der Waals surface area contributed by atoms with Gasteiger partial charge in [-0.1, -0.05) is 0 Å². The summed E-state index contributed by atoms with van der Waals surface area (Å²) in [5, 5.41) is 4.91. The second-order valence-electron chi connectivity index (χ2n) is 7.84. The number of hydrogen-bond donors (Lipinski definition) is 1. The summed E-state index contributed by atoms with van der Waals surface area (Å²) in [5.41, 5.74) is 8.47. The summed E-state index contributed by atoms with van der Waals surface area (Å²) in [5.74, 6) is 0.547. The third-order valence-corrected chi connectivity index (χ3v) is 5.95. The molecule has 11 heteroatoms. The minimum absolute atomic E-state index is 0.0988. The van der Waals surface area contributed by atoms with Crippen LogP contribution in [0.4, 0.5) is 30.8 Å². The maximum Gasteiger partial charge on any atom is 0.409 e. The Hall–Kier alpha value is -3.08. The van der Waals surface area contributed by atoms with Crippen molar-refractivity contribution in [3.63, 3.8) is 0 Å². The number of nitrogens with zero attached hydrogens (tertiary/aromatic N) is 4. The molecule has 2 aliphatic rings. The zero-order valence-electron chi connectivity index (χ0n) is 18.1. The predicted octanol–water partition coefficient (Wildman–Crippen LogP) is 3.31. The molecule has 4 rings (SSSR count). The molecule has 2 aliphatic heterocycles. The molecule has 0 unspecified atom stereocenters. The molecule has 9 nitrogen and oxygen atoms in total. The monoisotopic (exact) mass is 451 g/mol. The van der Waals surface area contributed by atoms with Gasteiger partial charge in [0, 0.05) is 56.2 Å². The van der Waals surface area contributed by atoms with E-state index < -0.39 is 12.7 Å². The summed E-state index contributed by atoms with van der Waals surface area (Å²) in [6.07, 6.45) is 1.95. The van der Waals surface area contributed by atoms with Gasteiger partial charge in [-0.2, -0.15) is 13.9 Å². The lowest BCUT2D eigenvalue weighted by atomic mass is 10.0. The van der Waals surface area contributed by atoms with Crippen LogP contribution < -0.4 is 15.4 Å². The highest BCUT2D eigenvalue weighted by Gasteiger charge is 2.32. The summed E-state index contributed by atoms with van der Waals surface area (Å²) in [6.45, 7) is -0.755. The van der Waals surface area contributed by atoms with Crippen molar-refractivity contribution in [1.29, 1.82) is 0 Å². The first kappa shape index (κ1) is 22.1. The Morgan fingerprint density at radius 3 is 2.78 bits per heavy atom. The van der Waals surface area contributed by atoms with E-state index in [2.05, 4.69) is 4.74 Å². The van der Waals surface area contributed by atoms with E-state index in [-0.39, 0.29) is 17.5 Å². The first-order valence-electron chi connectivity index (χ1n) is 10.5. The van der Waals surface area contributed by atoms with Gasteiger partial charge in [-0.3, -0.25) is 4.68 Å². The first-order chi connectivity index (χ1) is 15.4. The molecular formula is C21H27F2N5O4. The van der Waals surface area contributed by atoms with Crippen molar-refractivity contribution in [3.8, 4) is 5.75 Å². The maximum absolute atomic E-state index is 12.8. The van der Waals surface area contributed by atoms with Crippen molar-refractivity contribution in [3.05, 3.63) is 29.5 Å². The van der Waals surface area contributed by atoms with Crippen LogP contribution in [0.5, 0.6) is 5.75 Å². The lowest BCUT2D eigenvalue weighted by Gasteiger charge is -2.29. The molecule has 0 saturated carbocycles. The molecule has 32 heavy (non-hydrogen) atoms. The van der Waals surface area contributed by atoms with Gasteiger partial charge in [0.2, 0.25) is 0 Å². The maximum atomic E-state index is 12.8. The molecule has 2 aromatic rings. The van der Waals surface area contributed by atoms with Gasteiger partial charge in [0.15, 0.2) is 11.6 Å². The molecule has 2 N–H and O–H groups in total. The predicted molar refractivity (Wildman–Crippen MR) is 113 cm³/mol. The summed E-state index contributed by atoms with van der Waals surface area (Å²) >= 11 is 0. The number of carbonyl (C=O) groups is 1. The second kappa shape index (κ2) is 9.19. The van der Waals surface area contributed by atoms with Crippen molar-refractivity contribution in [2.45, 2.75) is 38.5 Å². The van der Waals surface area contributed by atoms with Crippen molar-refractivity contribution in [2.24, 2.45) is 0 Å². The highest BCUT2D eigenvalue weighted by atomic mass is 19.3. The zero-order valence-corrected chi connectivity index (χ0v) is 18.1. The molecule has 1 aromatic carbocycles. The van der Waals surface area contributed by atoms with E-state index in [1.165, 1.54) is 19.2 Å². The largest absolute Gasteiger partial charge is 0.453 e. The van der Waals surface area contributed by atoms with Gasteiger partial charge in [-0.15, -0.1) is 0 Å². The number of halogens is 2. The average molecular weight is 451 g/mol. The van der Waals surface area contributed by atoms with E-state index in [4.69, 9.17) is 20.3 Å². The Morgan fingerprint density at radius 2 is 2.09 bits per heavy atom. The third kappa shape index (κ3) is 4.29. The van der Waals surface area contributed by atoms with E-state index in [0.717, 1.165) is 24.1 Å². The molecular weight excluding hydrogens is 424 g/mol. The van der Waals surface area contributed by atoms with E-state index in [1.807, 2.05) is 4.68 Å². The average Bonchev–Trinajstić information content (AvgIpc) is 3.18. The van der Waals surface area contributed by atoms with Gasteiger partial charge in [0.25, 0.3) is 0 Å². The molecule has 0 atom stereocenters. The van der Waals surface area contributed by atoms with Gasteiger partial charge >= 0.3 is 12.7 Å². The molecule has 0 bridgehead atoms. The SMILES string of the molecule is COC(=O)N1CCc2c(c(N(C)c3ccc(N)c(OC(F)F)c3)nn2C2CCOCC2)C1. The summed E-state index contributed by atoms with van der Waals surface area (Å²) in [7, 11) is 3.15. The molecule has 0 radical (unpaired) electrons. The molecule has 1 aromatic heterocycles. The number of ether oxygens (including phenoxy) is 3. The number of alkyl halides is 2. The zero-order chi connectivity index (χ0) is 22.8. The minimum Gasteiger partial charge on any atom is -0.453 e. The lowest BCUT2D eigenvalue weighted by Crippen LogP contribution is -2.37. The highest BCUT2D eigenvalue weighted by molar-refractivity contribution is 5.71. The van der Waals surface area contributed by atoms with Gasteiger partial charge in [-0.05, 0) is 25.0 Å². The molecule has 1 fully saturated rings. The van der Waals surface area contributed by atoms with Crippen LogP contribution in [-0.4, -0.2) is 61.3 Å². The van der Waals surface area contributed by atoms with Crippen LogP contribution in [0.1, 0.15) is 30.1 Å². The summed E-state index contributed by atoms with van der Waals surface area (Å²) in [6, 6.07) is 4.90. The fourth-order valence-electron chi connectivity index (χ4n) is 4.27. The fraction of sp³-hybridized carbons (Fsp3) is 0.524. The second-order valence-corrected chi connectivity index (χ2v) is 7.84. The Kier molecular flexibility index (Phi) is 6.35. The molecule has 174 valence electrons. The number of fused-ring (bicyclic) bond motifs is 1. The van der Waals surface area contributed by atoms with E-state index in [9.17, 15) is 13.6 Å². The third-order valence-electron chi connectivity index (χ3n) is 5.95. The molecule has 0 aliphatic carbocycles. The molecule has 0 spiro atoms.